The highest BCUT2D eigenvalue weighted by Gasteiger charge is 2.26. The van der Waals surface area contributed by atoms with Crippen LogP contribution in [0.2, 0.25) is 0 Å². The third kappa shape index (κ3) is 3.33. The molecule has 8 heteroatoms. The number of hydrogen-bond donors (Lipinski definition) is 0. The first-order valence-electron chi connectivity index (χ1n) is 6.30. The molecule has 7 nitrogen and oxygen atoms in total. The Bertz CT molecular complexity index is 705. The van der Waals surface area contributed by atoms with Crippen molar-refractivity contribution in [1.29, 1.82) is 0 Å². The molecule has 0 N–H and O–H groups in total. The van der Waals surface area contributed by atoms with E-state index in [0.717, 1.165) is 0 Å². The van der Waals surface area contributed by atoms with Gasteiger partial charge >= 0.3 is 5.97 Å². The number of hydrogen-bond acceptors (Lipinski definition) is 7. The van der Waals surface area contributed by atoms with Crippen molar-refractivity contribution in [3.05, 3.63) is 27.4 Å². The molecule has 0 aromatic carbocycles. The van der Waals surface area contributed by atoms with E-state index in [2.05, 4.69) is 9.97 Å². The molecule has 0 saturated heterocycles. The van der Waals surface area contributed by atoms with Gasteiger partial charge in [0.05, 0.1) is 10.3 Å². The van der Waals surface area contributed by atoms with E-state index in [-0.39, 0.29) is 11.7 Å². The van der Waals surface area contributed by atoms with Gasteiger partial charge in [-0.25, -0.2) is 9.97 Å². The van der Waals surface area contributed by atoms with Crippen molar-refractivity contribution in [3.63, 3.8) is 0 Å². The molecule has 2 rings (SSSR count). The summed E-state index contributed by atoms with van der Waals surface area (Å²) in [5.74, 6) is -0.326. The molecule has 112 valence electrons. The number of thiazole rings is 1. The Kier molecular flexibility index (Phi) is 3.91. The largest absolute Gasteiger partial charge is 0.455 e. The maximum absolute atomic E-state index is 11.9. The van der Waals surface area contributed by atoms with Crippen LogP contribution in [0.4, 0.5) is 5.69 Å². The fraction of sp³-hybridized carbons (Fsp3) is 0.462. The van der Waals surface area contributed by atoms with Crippen molar-refractivity contribution in [2.45, 2.75) is 33.8 Å². The quantitative estimate of drug-likeness (QED) is 0.490. The Morgan fingerprint density at radius 3 is 2.71 bits per heavy atom. The van der Waals surface area contributed by atoms with Gasteiger partial charge in [-0.2, -0.15) is 0 Å². The van der Waals surface area contributed by atoms with Gasteiger partial charge in [0.25, 0.3) is 5.69 Å². The number of nitrogens with zero attached hydrogens (tertiary/aromatic N) is 3. The van der Waals surface area contributed by atoms with E-state index in [1.54, 1.807) is 27.7 Å². The standard InChI is InChI=1S/C13H15N3O4S/c1-7(20-12(17)13(2,3)4)10-15-9-5-8(16(18)19)6-14-11(9)21-10/h5-7H,1-4H3. The summed E-state index contributed by atoms with van der Waals surface area (Å²) in [7, 11) is 0. The highest BCUT2D eigenvalue weighted by Crippen LogP contribution is 2.30. The van der Waals surface area contributed by atoms with Crippen LogP contribution in [0.1, 0.15) is 38.8 Å². The lowest BCUT2D eigenvalue weighted by Crippen LogP contribution is -2.24. The third-order valence-electron chi connectivity index (χ3n) is 2.70. The van der Waals surface area contributed by atoms with Crippen molar-refractivity contribution in [2.24, 2.45) is 5.41 Å². The van der Waals surface area contributed by atoms with Crippen LogP contribution >= 0.6 is 11.3 Å². The average Bonchev–Trinajstić information content (AvgIpc) is 2.80. The third-order valence-corrected chi connectivity index (χ3v) is 3.84. The van der Waals surface area contributed by atoms with Gasteiger partial charge in [0.15, 0.2) is 6.10 Å². The number of nitro groups is 1. The van der Waals surface area contributed by atoms with Crippen molar-refractivity contribution in [3.8, 4) is 0 Å². The molecular formula is C13H15N3O4S. The summed E-state index contributed by atoms with van der Waals surface area (Å²) in [6.07, 6.45) is 0.672. The Hall–Kier alpha value is -2.09. The average molecular weight is 309 g/mol. The van der Waals surface area contributed by atoms with E-state index in [9.17, 15) is 14.9 Å². The summed E-state index contributed by atoms with van der Waals surface area (Å²) in [6.45, 7) is 7.03. The van der Waals surface area contributed by atoms with Gasteiger partial charge in [-0.05, 0) is 27.7 Å². The van der Waals surface area contributed by atoms with Gasteiger partial charge in [0.2, 0.25) is 0 Å². The number of rotatable bonds is 3. The van der Waals surface area contributed by atoms with Gasteiger partial charge in [0, 0.05) is 6.07 Å². The molecule has 0 saturated carbocycles. The predicted molar refractivity (Wildman–Crippen MR) is 78.0 cm³/mol. The van der Waals surface area contributed by atoms with Crippen molar-refractivity contribution in [1.82, 2.24) is 9.97 Å². The van der Waals surface area contributed by atoms with E-state index in [1.165, 1.54) is 23.6 Å². The molecular weight excluding hydrogens is 294 g/mol. The Morgan fingerprint density at radius 1 is 1.48 bits per heavy atom. The molecule has 1 atom stereocenters. The number of ether oxygens (including phenoxy) is 1. The van der Waals surface area contributed by atoms with Gasteiger partial charge in [-0.1, -0.05) is 11.3 Å². The molecule has 0 aliphatic heterocycles. The van der Waals surface area contributed by atoms with E-state index in [4.69, 9.17) is 4.74 Å². The fourth-order valence-electron chi connectivity index (χ4n) is 1.49. The summed E-state index contributed by atoms with van der Waals surface area (Å²) >= 11 is 1.26. The Labute approximate surface area is 125 Å². The number of carbonyl (C=O) groups is 1. The van der Waals surface area contributed by atoms with Crippen LogP contribution in [0.5, 0.6) is 0 Å². The van der Waals surface area contributed by atoms with Gasteiger partial charge in [-0.3, -0.25) is 14.9 Å². The summed E-state index contributed by atoms with van der Waals surface area (Å²) in [5, 5.41) is 11.3. The molecule has 0 bridgehead atoms. The van der Waals surface area contributed by atoms with Crippen molar-refractivity contribution >= 4 is 33.3 Å². The molecule has 1 unspecified atom stereocenters. The number of aromatic nitrogens is 2. The lowest BCUT2D eigenvalue weighted by atomic mass is 9.97. The molecule has 0 aliphatic carbocycles. The molecule has 0 radical (unpaired) electrons. The number of esters is 1. The van der Waals surface area contributed by atoms with Gasteiger partial charge in [0.1, 0.15) is 21.6 Å². The van der Waals surface area contributed by atoms with Crippen LogP contribution in [0.3, 0.4) is 0 Å². The van der Waals surface area contributed by atoms with E-state index >= 15 is 0 Å². The molecule has 2 aromatic rings. The monoisotopic (exact) mass is 309 g/mol. The van der Waals surface area contributed by atoms with E-state index in [0.29, 0.717) is 15.4 Å². The molecule has 0 fully saturated rings. The maximum atomic E-state index is 11.9. The summed E-state index contributed by atoms with van der Waals surface area (Å²) in [5.41, 5.74) is -0.274. The van der Waals surface area contributed by atoms with Gasteiger partial charge < -0.3 is 4.74 Å². The van der Waals surface area contributed by atoms with Crippen molar-refractivity contribution in [2.75, 3.05) is 0 Å². The first-order valence-corrected chi connectivity index (χ1v) is 7.12. The maximum Gasteiger partial charge on any atom is 0.311 e. The molecule has 2 aromatic heterocycles. The summed E-state index contributed by atoms with van der Waals surface area (Å²) in [6, 6.07) is 1.36. The SMILES string of the molecule is CC(OC(=O)C(C)(C)C)c1nc2cc([N+](=O)[O-])cnc2s1. The first kappa shape index (κ1) is 15.3. The van der Waals surface area contributed by atoms with Crippen LogP contribution in [-0.4, -0.2) is 20.9 Å². The summed E-state index contributed by atoms with van der Waals surface area (Å²) < 4.78 is 5.36. The van der Waals surface area contributed by atoms with Crippen LogP contribution in [0.15, 0.2) is 12.3 Å². The highest BCUT2D eigenvalue weighted by molar-refractivity contribution is 7.18. The van der Waals surface area contributed by atoms with Crippen LogP contribution in [0, 0.1) is 15.5 Å². The second-order valence-corrected chi connectivity index (χ2v) is 6.63. The van der Waals surface area contributed by atoms with E-state index in [1.807, 2.05) is 0 Å². The topological polar surface area (TPSA) is 95.2 Å². The Morgan fingerprint density at radius 2 is 2.14 bits per heavy atom. The van der Waals surface area contributed by atoms with Crippen molar-refractivity contribution < 1.29 is 14.5 Å². The smallest absolute Gasteiger partial charge is 0.311 e. The molecule has 2 heterocycles. The molecule has 0 amide bonds. The summed E-state index contributed by atoms with van der Waals surface area (Å²) in [4.78, 5) is 30.9. The zero-order valence-corrected chi connectivity index (χ0v) is 12.9. The molecule has 0 spiro atoms. The highest BCUT2D eigenvalue weighted by atomic mass is 32.1. The molecule has 0 aliphatic rings. The number of carbonyl (C=O) groups excluding carboxylic acids is 1. The minimum absolute atomic E-state index is 0.112. The second kappa shape index (κ2) is 5.36. The minimum atomic E-state index is -0.595. The normalized spacial score (nSPS) is 13.1. The van der Waals surface area contributed by atoms with Crippen LogP contribution in [0.25, 0.3) is 10.3 Å². The van der Waals surface area contributed by atoms with Gasteiger partial charge in [-0.15, -0.1) is 0 Å². The zero-order valence-electron chi connectivity index (χ0n) is 12.1. The fourth-order valence-corrected chi connectivity index (χ4v) is 2.36. The second-order valence-electron chi connectivity index (χ2n) is 5.62. The Balaban J connectivity index is 2.26. The van der Waals surface area contributed by atoms with Crippen LogP contribution in [-0.2, 0) is 9.53 Å². The lowest BCUT2D eigenvalue weighted by molar-refractivity contribution is -0.385. The lowest BCUT2D eigenvalue weighted by Gasteiger charge is -2.19. The zero-order chi connectivity index (χ0) is 15.8. The van der Waals surface area contributed by atoms with E-state index < -0.39 is 16.4 Å². The number of fused-ring (bicyclic) bond motifs is 1. The number of pyridine rings is 1. The van der Waals surface area contributed by atoms with Crippen LogP contribution < -0.4 is 0 Å². The molecule has 21 heavy (non-hydrogen) atoms. The first-order chi connectivity index (χ1) is 9.68. The predicted octanol–water partition coefficient (Wildman–Crippen LogP) is 3.25. The minimum Gasteiger partial charge on any atom is -0.455 e.